The second-order valence-electron chi connectivity index (χ2n) is 4.53. The van der Waals surface area contributed by atoms with E-state index in [-0.39, 0.29) is 23.7 Å². The topological polar surface area (TPSA) is 58.7 Å². The zero-order chi connectivity index (χ0) is 12.9. The molecule has 1 aliphatic carbocycles. The lowest BCUT2D eigenvalue weighted by atomic mass is 10.1. The number of hydrogen-bond donors (Lipinski definition) is 1. The number of carbonyl (C=O) groups is 1. The Morgan fingerprint density at radius 2 is 2.17 bits per heavy atom. The van der Waals surface area contributed by atoms with E-state index in [4.69, 9.17) is 5.73 Å². The first-order valence-corrected chi connectivity index (χ1v) is 6.48. The molecule has 18 heavy (non-hydrogen) atoms. The Morgan fingerprint density at radius 1 is 1.44 bits per heavy atom. The summed E-state index contributed by atoms with van der Waals surface area (Å²) >= 11 is 3.10. The first-order chi connectivity index (χ1) is 8.58. The molecule has 0 spiro atoms. The fourth-order valence-corrected chi connectivity index (χ4v) is 2.46. The summed E-state index contributed by atoms with van der Waals surface area (Å²) in [6.07, 6.45) is 1.92. The molecule has 94 valence electrons. The van der Waals surface area contributed by atoms with Crippen LogP contribution in [0.15, 0.2) is 27.7 Å². The van der Waals surface area contributed by atoms with E-state index in [0.717, 1.165) is 12.8 Å². The lowest BCUT2D eigenvalue weighted by Gasteiger charge is -2.24. The predicted octanol–water partition coefficient (Wildman–Crippen LogP) is 2.58. The van der Waals surface area contributed by atoms with Crippen molar-refractivity contribution >= 4 is 27.8 Å². The summed E-state index contributed by atoms with van der Waals surface area (Å²) in [5.74, 6) is -0.121. The molecule has 1 unspecified atom stereocenters. The third kappa shape index (κ3) is 1.80. The summed E-state index contributed by atoms with van der Waals surface area (Å²) < 4.78 is 14.0. The maximum atomic E-state index is 13.6. The molecule has 2 amide bonds. The Bertz CT molecular complexity index is 556. The molecule has 1 heterocycles. The van der Waals surface area contributed by atoms with E-state index in [1.54, 1.807) is 17.0 Å². The van der Waals surface area contributed by atoms with Gasteiger partial charge in [0.25, 0.3) is 0 Å². The van der Waals surface area contributed by atoms with E-state index in [1.807, 2.05) is 0 Å². The van der Waals surface area contributed by atoms with Crippen molar-refractivity contribution in [1.29, 1.82) is 0 Å². The second kappa shape index (κ2) is 4.05. The van der Waals surface area contributed by atoms with Gasteiger partial charge in [0, 0.05) is 6.04 Å². The summed E-state index contributed by atoms with van der Waals surface area (Å²) in [5.41, 5.74) is 6.46. The van der Waals surface area contributed by atoms with E-state index in [1.165, 1.54) is 6.07 Å². The van der Waals surface area contributed by atoms with Crippen molar-refractivity contribution in [3.05, 3.63) is 34.1 Å². The Kier molecular flexibility index (Phi) is 2.62. The molecule has 2 aliphatic rings. The number of aliphatic imine (C=N–C) groups is 1. The third-order valence-corrected chi connectivity index (χ3v) is 3.85. The lowest BCUT2D eigenvalue weighted by Crippen LogP contribution is -2.35. The maximum Gasteiger partial charge on any atom is 0.346 e. The van der Waals surface area contributed by atoms with Crippen LogP contribution in [0.1, 0.15) is 24.4 Å². The molecule has 4 nitrogen and oxygen atoms in total. The Morgan fingerprint density at radius 3 is 2.78 bits per heavy atom. The first kappa shape index (κ1) is 11.6. The van der Waals surface area contributed by atoms with Gasteiger partial charge in [-0.2, -0.15) is 4.99 Å². The fourth-order valence-electron chi connectivity index (χ4n) is 2.22. The van der Waals surface area contributed by atoms with Crippen LogP contribution in [0.4, 0.5) is 9.18 Å². The summed E-state index contributed by atoms with van der Waals surface area (Å²) in [5, 5.41) is 0. The van der Waals surface area contributed by atoms with E-state index in [9.17, 15) is 9.18 Å². The maximum absolute atomic E-state index is 13.6. The molecule has 3 rings (SSSR count). The zero-order valence-electron chi connectivity index (χ0n) is 9.44. The van der Waals surface area contributed by atoms with Gasteiger partial charge in [0.2, 0.25) is 0 Å². The highest BCUT2D eigenvalue weighted by Crippen LogP contribution is 2.38. The van der Waals surface area contributed by atoms with Crippen molar-refractivity contribution < 1.29 is 9.18 Å². The van der Waals surface area contributed by atoms with Crippen LogP contribution in [0.25, 0.3) is 0 Å². The van der Waals surface area contributed by atoms with Gasteiger partial charge < -0.3 is 10.6 Å². The largest absolute Gasteiger partial charge is 0.385 e. The van der Waals surface area contributed by atoms with Crippen molar-refractivity contribution in [1.82, 2.24) is 4.90 Å². The minimum Gasteiger partial charge on any atom is -0.385 e. The Labute approximate surface area is 112 Å². The van der Waals surface area contributed by atoms with Gasteiger partial charge in [-0.3, -0.25) is 0 Å². The van der Waals surface area contributed by atoms with Crippen LogP contribution in [0.5, 0.6) is 0 Å². The van der Waals surface area contributed by atoms with E-state index in [2.05, 4.69) is 20.9 Å². The van der Waals surface area contributed by atoms with Crippen LogP contribution in [0, 0.1) is 5.82 Å². The van der Waals surface area contributed by atoms with Crippen LogP contribution in [0.2, 0.25) is 0 Å². The molecular weight excluding hydrogens is 301 g/mol. The number of hydrogen-bond acceptors (Lipinski definition) is 2. The number of halogens is 2. The van der Waals surface area contributed by atoms with Crippen molar-refractivity contribution in [2.75, 3.05) is 0 Å². The van der Waals surface area contributed by atoms with E-state index >= 15 is 0 Å². The molecule has 0 saturated heterocycles. The van der Waals surface area contributed by atoms with Gasteiger partial charge in [0.05, 0.1) is 4.47 Å². The second-order valence-corrected chi connectivity index (χ2v) is 5.39. The minimum atomic E-state index is -0.424. The first-order valence-electron chi connectivity index (χ1n) is 5.69. The van der Waals surface area contributed by atoms with Crippen LogP contribution in [-0.2, 0) is 0 Å². The molecular formula is C12H11BrFN3O. The number of carbonyl (C=O) groups excluding carboxylic acids is 1. The van der Waals surface area contributed by atoms with Crippen molar-refractivity contribution in [2.45, 2.75) is 24.9 Å². The van der Waals surface area contributed by atoms with Crippen molar-refractivity contribution in [3.8, 4) is 0 Å². The molecule has 0 aromatic heterocycles. The van der Waals surface area contributed by atoms with Crippen molar-refractivity contribution in [3.63, 3.8) is 0 Å². The van der Waals surface area contributed by atoms with Crippen LogP contribution in [0.3, 0.4) is 0 Å². The van der Waals surface area contributed by atoms with Gasteiger partial charge in [-0.05, 0) is 46.5 Å². The number of amides is 2. The molecule has 1 atom stereocenters. The zero-order valence-corrected chi connectivity index (χ0v) is 11.0. The highest BCUT2D eigenvalue weighted by atomic mass is 79.9. The van der Waals surface area contributed by atoms with Gasteiger partial charge in [-0.1, -0.05) is 6.07 Å². The van der Waals surface area contributed by atoms with Gasteiger partial charge in [0.1, 0.15) is 17.7 Å². The lowest BCUT2D eigenvalue weighted by molar-refractivity contribution is 0.203. The number of benzene rings is 1. The smallest absolute Gasteiger partial charge is 0.346 e. The average molecular weight is 312 g/mol. The summed E-state index contributed by atoms with van der Waals surface area (Å²) in [4.78, 5) is 17.2. The molecule has 1 aromatic rings. The highest BCUT2D eigenvalue weighted by molar-refractivity contribution is 9.10. The van der Waals surface area contributed by atoms with Gasteiger partial charge in [-0.15, -0.1) is 0 Å². The quantitative estimate of drug-likeness (QED) is 0.912. The normalized spacial score (nSPS) is 23.4. The van der Waals surface area contributed by atoms with Crippen LogP contribution in [-0.4, -0.2) is 22.8 Å². The average Bonchev–Trinajstić information content (AvgIpc) is 3.09. The number of amidine groups is 1. The monoisotopic (exact) mass is 311 g/mol. The minimum absolute atomic E-state index is 0.194. The molecule has 0 radical (unpaired) electrons. The summed E-state index contributed by atoms with van der Waals surface area (Å²) in [7, 11) is 0. The van der Waals surface area contributed by atoms with Crippen LogP contribution >= 0.6 is 15.9 Å². The number of urea groups is 1. The summed E-state index contributed by atoms with van der Waals surface area (Å²) in [6.45, 7) is 0. The number of nitrogens with zero attached hydrogens (tertiary/aromatic N) is 2. The Hall–Kier alpha value is -1.43. The van der Waals surface area contributed by atoms with Gasteiger partial charge in [-0.25, -0.2) is 9.18 Å². The number of nitrogens with two attached hydrogens (primary N) is 1. The molecule has 2 N–H and O–H groups in total. The molecule has 0 bridgehead atoms. The molecule has 6 heteroatoms. The standard InChI is InChI=1S/C12H11BrFN3O/c13-8-4-1-6(5-9(8)14)10-11(15)16-12(18)17(10)7-2-3-7/h1,4-5,7,10H,2-3H2,(H2,15,16,18). The van der Waals surface area contributed by atoms with Crippen molar-refractivity contribution in [2.24, 2.45) is 10.7 Å². The number of rotatable bonds is 2. The molecule has 1 fully saturated rings. The Balaban J connectivity index is 2.00. The molecule has 1 saturated carbocycles. The van der Waals surface area contributed by atoms with Gasteiger partial charge >= 0.3 is 6.03 Å². The van der Waals surface area contributed by atoms with E-state index < -0.39 is 6.04 Å². The third-order valence-electron chi connectivity index (χ3n) is 3.20. The molecule has 1 aromatic carbocycles. The summed E-state index contributed by atoms with van der Waals surface area (Å²) in [6, 6.07) is 4.22. The predicted molar refractivity (Wildman–Crippen MR) is 68.7 cm³/mol. The van der Waals surface area contributed by atoms with Gasteiger partial charge in [0.15, 0.2) is 0 Å². The fraction of sp³-hybridized carbons (Fsp3) is 0.333. The van der Waals surface area contributed by atoms with Crippen LogP contribution < -0.4 is 5.73 Å². The SMILES string of the molecule is NC1=NC(=O)N(C2CC2)C1c1ccc(Br)c(F)c1. The van der Waals surface area contributed by atoms with E-state index in [0.29, 0.717) is 10.0 Å². The highest BCUT2D eigenvalue weighted by Gasteiger charge is 2.43. The molecule has 1 aliphatic heterocycles.